The summed E-state index contributed by atoms with van der Waals surface area (Å²) in [7, 11) is 1.24. The van der Waals surface area contributed by atoms with Crippen LogP contribution in [0.5, 0.6) is 5.75 Å². The summed E-state index contributed by atoms with van der Waals surface area (Å²) in [5, 5.41) is 4.34. The minimum atomic E-state index is -4.73. The number of ether oxygens (including phenoxy) is 1. The number of hydrogen-bond donors (Lipinski definition) is 0. The number of imidazole rings is 1. The van der Waals surface area contributed by atoms with E-state index in [0.717, 1.165) is 24.3 Å². The van der Waals surface area contributed by atoms with Gasteiger partial charge in [0.05, 0.1) is 25.4 Å². The van der Waals surface area contributed by atoms with Gasteiger partial charge in [0.25, 0.3) is 0 Å². The second-order valence-electron chi connectivity index (χ2n) is 8.11. The Labute approximate surface area is 206 Å². The lowest BCUT2D eigenvalue weighted by Gasteiger charge is -2.16. The molecule has 0 unspecified atom stereocenters. The van der Waals surface area contributed by atoms with Crippen molar-refractivity contribution in [2.75, 3.05) is 7.11 Å². The second-order valence-corrected chi connectivity index (χ2v) is 8.11. The Morgan fingerprint density at radius 3 is 2.35 bits per heavy atom. The van der Waals surface area contributed by atoms with Crippen molar-refractivity contribution in [1.29, 1.82) is 0 Å². The molecule has 37 heavy (non-hydrogen) atoms. The SMILES string of the molecule is COc1ccc(-c2ccc(Cn3cc4ncnc-4c(-c4cccc(F)c4F)n3)cc2F)c(C(F)(F)F)c1. The number of benzene rings is 3. The molecule has 0 aromatic heterocycles. The van der Waals surface area contributed by atoms with Crippen molar-refractivity contribution in [3.05, 3.63) is 95.7 Å². The largest absolute Gasteiger partial charge is 0.497 e. The Bertz CT molecular complexity index is 1580. The number of hydrogen-bond acceptors (Lipinski definition) is 4. The van der Waals surface area contributed by atoms with Crippen LogP contribution in [0.1, 0.15) is 11.1 Å². The van der Waals surface area contributed by atoms with Crippen molar-refractivity contribution in [3.8, 4) is 39.5 Å². The van der Waals surface area contributed by atoms with Crippen LogP contribution in [-0.2, 0) is 12.7 Å². The van der Waals surface area contributed by atoms with Gasteiger partial charge in [0.15, 0.2) is 11.6 Å². The quantitative estimate of drug-likeness (QED) is 0.248. The number of halogens is 6. The lowest BCUT2D eigenvalue weighted by molar-refractivity contribution is -0.137. The molecule has 0 saturated carbocycles. The van der Waals surface area contributed by atoms with Crippen LogP contribution in [0.3, 0.4) is 0 Å². The molecular formula is C26H16F6N4O. The summed E-state index contributed by atoms with van der Waals surface area (Å²) in [6, 6.07) is 10.7. The molecule has 2 heterocycles. The highest BCUT2D eigenvalue weighted by molar-refractivity contribution is 5.76. The van der Waals surface area contributed by atoms with Crippen LogP contribution in [0.4, 0.5) is 26.3 Å². The van der Waals surface area contributed by atoms with Gasteiger partial charge in [0.2, 0.25) is 0 Å². The Hall–Kier alpha value is -4.41. The number of aromatic nitrogens is 4. The standard InChI is InChI=1S/C26H16F6N4O/c1-37-15-6-8-16(19(10-15)26(30,31)32)17-7-5-14(9-21(17)28)11-36-12-22-25(34-13-33-22)24(35-36)18-3-2-4-20(27)23(18)29/h2-10,12-13H,11H2,1H3. The number of alkyl halides is 3. The van der Waals surface area contributed by atoms with Gasteiger partial charge >= 0.3 is 6.18 Å². The molecule has 0 radical (unpaired) electrons. The topological polar surface area (TPSA) is 52.8 Å². The third-order valence-corrected chi connectivity index (χ3v) is 5.76. The molecule has 0 aliphatic carbocycles. The van der Waals surface area contributed by atoms with Gasteiger partial charge in [0, 0.05) is 11.1 Å². The molecule has 2 aliphatic rings. The van der Waals surface area contributed by atoms with E-state index in [1.54, 1.807) is 0 Å². The first-order chi connectivity index (χ1) is 17.7. The maximum Gasteiger partial charge on any atom is 0.417 e. The van der Waals surface area contributed by atoms with Crippen LogP contribution in [0.15, 0.2) is 67.1 Å². The van der Waals surface area contributed by atoms with Crippen molar-refractivity contribution < 1.29 is 31.1 Å². The fourth-order valence-electron chi connectivity index (χ4n) is 4.03. The molecule has 5 nitrogen and oxygen atoms in total. The first-order valence-corrected chi connectivity index (χ1v) is 10.8. The monoisotopic (exact) mass is 514 g/mol. The molecular weight excluding hydrogens is 498 g/mol. The Morgan fingerprint density at radius 1 is 0.838 bits per heavy atom. The summed E-state index contributed by atoms with van der Waals surface area (Å²) in [5.74, 6) is -3.05. The van der Waals surface area contributed by atoms with Crippen LogP contribution >= 0.6 is 0 Å². The first kappa shape index (κ1) is 24.3. The average molecular weight is 514 g/mol. The van der Waals surface area contributed by atoms with Crippen LogP contribution < -0.4 is 4.74 Å². The van der Waals surface area contributed by atoms with E-state index >= 15 is 4.39 Å². The molecule has 0 saturated heterocycles. The Kier molecular flexibility index (Phi) is 6.06. The highest BCUT2D eigenvalue weighted by Crippen LogP contribution is 2.40. The minimum Gasteiger partial charge on any atom is -0.497 e. The zero-order chi connectivity index (χ0) is 26.3. The predicted octanol–water partition coefficient (Wildman–Crippen LogP) is 6.60. The van der Waals surface area contributed by atoms with Crippen LogP contribution in [0, 0.1) is 17.5 Å². The third kappa shape index (κ3) is 4.59. The van der Waals surface area contributed by atoms with Crippen LogP contribution in [-0.4, -0.2) is 26.9 Å². The zero-order valence-electron chi connectivity index (χ0n) is 19.0. The van der Waals surface area contributed by atoms with Crippen molar-refractivity contribution in [2.45, 2.75) is 12.7 Å². The van der Waals surface area contributed by atoms with Gasteiger partial charge in [-0.3, -0.25) is 4.68 Å². The van der Waals surface area contributed by atoms with E-state index in [1.807, 2.05) is 0 Å². The fourth-order valence-corrected chi connectivity index (χ4v) is 4.03. The summed E-state index contributed by atoms with van der Waals surface area (Å²) in [4.78, 5) is 8.18. The van der Waals surface area contributed by atoms with Gasteiger partial charge in [-0.25, -0.2) is 23.1 Å². The highest BCUT2D eigenvalue weighted by Gasteiger charge is 2.35. The zero-order valence-corrected chi connectivity index (χ0v) is 19.0. The Morgan fingerprint density at radius 2 is 1.62 bits per heavy atom. The van der Waals surface area contributed by atoms with Crippen molar-refractivity contribution in [2.24, 2.45) is 0 Å². The molecule has 0 N–H and O–H groups in total. The molecule has 2 aliphatic heterocycles. The molecule has 0 bridgehead atoms. The summed E-state index contributed by atoms with van der Waals surface area (Å²) in [6.45, 7) is -0.0291. The molecule has 188 valence electrons. The summed E-state index contributed by atoms with van der Waals surface area (Å²) in [5.41, 5.74) is -0.725. The number of methoxy groups -OCH3 is 1. The van der Waals surface area contributed by atoms with Crippen LogP contribution in [0.2, 0.25) is 0 Å². The third-order valence-electron chi connectivity index (χ3n) is 5.76. The highest BCUT2D eigenvalue weighted by atomic mass is 19.4. The van der Waals surface area contributed by atoms with Crippen molar-refractivity contribution in [1.82, 2.24) is 19.7 Å². The lowest BCUT2D eigenvalue weighted by atomic mass is 9.97. The molecule has 11 heteroatoms. The van der Waals surface area contributed by atoms with Crippen molar-refractivity contribution >= 4 is 0 Å². The summed E-state index contributed by atoms with van der Waals surface area (Å²) in [6.07, 6.45) is -1.98. The average Bonchev–Trinajstić information content (AvgIpc) is 3.33. The molecule has 0 amide bonds. The molecule has 3 aromatic carbocycles. The lowest BCUT2D eigenvalue weighted by Crippen LogP contribution is -2.10. The first-order valence-electron chi connectivity index (χ1n) is 10.8. The van der Waals surface area contributed by atoms with Gasteiger partial charge < -0.3 is 4.74 Å². The van der Waals surface area contributed by atoms with E-state index in [1.165, 1.54) is 54.6 Å². The second kappa shape index (κ2) is 9.23. The van der Waals surface area contributed by atoms with Gasteiger partial charge in [-0.05, 0) is 47.5 Å². The van der Waals surface area contributed by atoms with E-state index < -0.39 is 29.2 Å². The van der Waals surface area contributed by atoms with Gasteiger partial charge in [-0.2, -0.15) is 18.3 Å². The van der Waals surface area contributed by atoms with E-state index in [9.17, 15) is 22.0 Å². The van der Waals surface area contributed by atoms with Crippen LogP contribution in [0.25, 0.3) is 33.8 Å². The normalized spacial score (nSPS) is 11.8. The molecule has 0 fully saturated rings. The fraction of sp³-hybridized carbons (Fsp3) is 0.115. The van der Waals surface area contributed by atoms with Gasteiger partial charge in [0.1, 0.15) is 35.0 Å². The minimum absolute atomic E-state index is 0.00730. The van der Waals surface area contributed by atoms with Gasteiger partial charge in [-0.15, -0.1) is 0 Å². The molecule has 0 atom stereocenters. The number of rotatable bonds is 5. The molecule has 5 rings (SSSR count). The number of fused-ring (bicyclic) bond motifs is 1. The predicted molar refractivity (Wildman–Crippen MR) is 122 cm³/mol. The summed E-state index contributed by atoms with van der Waals surface area (Å²) >= 11 is 0. The van der Waals surface area contributed by atoms with E-state index in [2.05, 4.69) is 15.1 Å². The van der Waals surface area contributed by atoms with Gasteiger partial charge in [-0.1, -0.05) is 18.2 Å². The number of nitrogens with zero attached hydrogens (tertiary/aromatic N) is 4. The van der Waals surface area contributed by atoms with Crippen molar-refractivity contribution in [3.63, 3.8) is 0 Å². The maximum atomic E-state index is 15.1. The molecule has 3 aromatic rings. The summed E-state index contributed by atoms with van der Waals surface area (Å²) < 4.78 is 90.5. The maximum absolute atomic E-state index is 15.1. The molecule has 0 spiro atoms. The van der Waals surface area contributed by atoms with E-state index in [4.69, 9.17) is 4.74 Å². The van der Waals surface area contributed by atoms with E-state index in [0.29, 0.717) is 11.3 Å². The Balaban J connectivity index is 1.53. The smallest absolute Gasteiger partial charge is 0.417 e. The van der Waals surface area contributed by atoms with E-state index in [-0.39, 0.29) is 40.4 Å².